The fourth-order valence-corrected chi connectivity index (χ4v) is 4.31. The van der Waals surface area contributed by atoms with Gasteiger partial charge in [0.15, 0.2) is 0 Å². The van der Waals surface area contributed by atoms with Crippen molar-refractivity contribution in [2.24, 2.45) is 0 Å². The second-order valence-electron chi connectivity index (χ2n) is 6.97. The number of methoxy groups -OCH3 is 3. The van der Waals surface area contributed by atoms with Crippen molar-refractivity contribution in [2.75, 3.05) is 26.6 Å². The molecule has 0 bridgehead atoms. The lowest BCUT2D eigenvalue weighted by Crippen LogP contribution is -2.40. The number of thiophene rings is 1. The molecule has 0 aliphatic rings. The fourth-order valence-electron chi connectivity index (χ4n) is 3.49. The molecule has 10 heteroatoms. The van der Waals surface area contributed by atoms with Gasteiger partial charge in [-0.1, -0.05) is 12.1 Å². The van der Waals surface area contributed by atoms with Crippen LogP contribution in [0.3, 0.4) is 0 Å². The summed E-state index contributed by atoms with van der Waals surface area (Å²) >= 11 is 1.20. The summed E-state index contributed by atoms with van der Waals surface area (Å²) in [6, 6.07) is 13.3. The van der Waals surface area contributed by atoms with Gasteiger partial charge in [0.05, 0.1) is 32.5 Å². The molecule has 2 aromatic carbocycles. The van der Waals surface area contributed by atoms with Crippen LogP contribution in [0.15, 0.2) is 63.5 Å². The molecular formula is C23H21N3O6S. The van der Waals surface area contributed by atoms with Gasteiger partial charge in [0, 0.05) is 23.9 Å². The lowest BCUT2D eigenvalue weighted by molar-refractivity contribution is -0.116. The first-order valence-corrected chi connectivity index (χ1v) is 10.7. The van der Waals surface area contributed by atoms with Crippen LogP contribution < -0.4 is 30.8 Å². The summed E-state index contributed by atoms with van der Waals surface area (Å²) in [5.41, 5.74) is 0.0258. The molecule has 4 rings (SSSR count). The predicted molar refractivity (Wildman–Crippen MR) is 126 cm³/mol. The van der Waals surface area contributed by atoms with Gasteiger partial charge in [0.2, 0.25) is 5.91 Å². The Labute approximate surface area is 192 Å². The first-order chi connectivity index (χ1) is 16.0. The Hall–Kier alpha value is -4.05. The second kappa shape index (κ2) is 9.21. The van der Waals surface area contributed by atoms with E-state index in [0.717, 1.165) is 4.57 Å². The van der Waals surface area contributed by atoms with E-state index in [2.05, 4.69) is 5.32 Å². The molecule has 9 nitrogen and oxygen atoms in total. The number of carbonyl (C=O) groups is 1. The topological polar surface area (TPSA) is 101 Å². The minimum Gasteiger partial charge on any atom is -0.497 e. The van der Waals surface area contributed by atoms with Gasteiger partial charge in [-0.25, -0.2) is 9.36 Å². The average Bonchev–Trinajstić information content (AvgIpc) is 3.32. The molecule has 1 amide bonds. The van der Waals surface area contributed by atoms with Crippen molar-refractivity contribution in [3.63, 3.8) is 0 Å². The van der Waals surface area contributed by atoms with Crippen LogP contribution in [0.2, 0.25) is 0 Å². The minimum absolute atomic E-state index is 0.303. The van der Waals surface area contributed by atoms with Gasteiger partial charge in [-0.15, -0.1) is 11.3 Å². The standard InChI is InChI=1S/C23H21N3O6S/c1-30-15-10-14(11-16(12-15)31-2)24-20(27)13-25-18-8-9-33-21(18)22(28)26(23(25)29)17-6-4-5-7-19(17)32-3/h4-12H,13H2,1-3H3,(H,24,27). The van der Waals surface area contributed by atoms with Gasteiger partial charge in [-0.05, 0) is 23.6 Å². The van der Waals surface area contributed by atoms with E-state index in [4.69, 9.17) is 14.2 Å². The van der Waals surface area contributed by atoms with Gasteiger partial charge in [0.25, 0.3) is 5.56 Å². The van der Waals surface area contributed by atoms with Crippen LogP contribution in [-0.2, 0) is 11.3 Å². The molecule has 2 aromatic heterocycles. The van der Waals surface area contributed by atoms with Crippen LogP contribution >= 0.6 is 11.3 Å². The zero-order valence-electron chi connectivity index (χ0n) is 18.2. The molecule has 0 spiro atoms. The summed E-state index contributed by atoms with van der Waals surface area (Å²) in [5, 5.41) is 4.46. The summed E-state index contributed by atoms with van der Waals surface area (Å²) in [6.07, 6.45) is 0. The number of benzene rings is 2. The number of para-hydroxylation sites is 2. The lowest BCUT2D eigenvalue weighted by atomic mass is 10.2. The van der Waals surface area contributed by atoms with Crippen molar-refractivity contribution >= 4 is 33.1 Å². The van der Waals surface area contributed by atoms with Crippen molar-refractivity contribution in [1.82, 2.24) is 9.13 Å². The van der Waals surface area contributed by atoms with Crippen LogP contribution in [0.5, 0.6) is 17.2 Å². The zero-order valence-corrected chi connectivity index (χ0v) is 19.0. The van der Waals surface area contributed by atoms with Crippen molar-refractivity contribution in [3.8, 4) is 22.9 Å². The van der Waals surface area contributed by atoms with Gasteiger partial charge in [0.1, 0.15) is 28.5 Å². The lowest BCUT2D eigenvalue weighted by Gasteiger charge is -2.14. The highest BCUT2D eigenvalue weighted by Crippen LogP contribution is 2.26. The van der Waals surface area contributed by atoms with E-state index >= 15 is 0 Å². The molecule has 0 atom stereocenters. The Balaban J connectivity index is 1.78. The number of nitrogens with one attached hydrogen (secondary N) is 1. The molecule has 0 fully saturated rings. The third kappa shape index (κ3) is 4.20. The summed E-state index contributed by atoms with van der Waals surface area (Å²) < 4.78 is 18.5. The number of fused-ring (bicyclic) bond motifs is 1. The van der Waals surface area contributed by atoms with Crippen LogP contribution in [0.4, 0.5) is 5.69 Å². The van der Waals surface area contributed by atoms with Crippen LogP contribution in [0, 0.1) is 0 Å². The van der Waals surface area contributed by atoms with Crippen molar-refractivity contribution in [3.05, 3.63) is 74.7 Å². The number of anilines is 1. The fraction of sp³-hybridized carbons (Fsp3) is 0.174. The Kier molecular flexibility index (Phi) is 6.18. The maximum absolute atomic E-state index is 13.4. The van der Waals surface area contributed by atoms with E-state index in [1.54, 1.807) is 53.9 Å². The van der Waals surface area contributed by atoms with E-state index in [-0.39, 0.29) is 6.54 Å². The van der Waals surface area contributed by atoms with Gasteiger partial charge >= 0.3 is 5.69 Å². The zero-order chi connectivity index (χ0) is 23.5. The van der Waals surface area contributed by atoms with E-state index in [1.165, 1.54) is 37.2 Å². The molecule has 0 saturated heterocycles. The molecule has 0 aliphatic carbocycles. The Morgan fingerprint density at radius 2 is 1.67 bits per heavy atom. The van der Waals surface area contributed by atoms with Gasteiger partial charge in [-0.2, -0.15) is 0 Å². The third-order valence-corrected chi connectivity index (χ3v) is 5.91. The first kappa shape index (κ1) is 22.2. The molecule has 0 radical (unpaired) electrons. The summed E-state index contributed by atoms with van der Waals surface area (Å²) in [6.45, 7) is -0.305. The highest BCUT2D eigenvalue weighted by atomic mass is 32.1. The summed E-state index contributed by atoms with van der Waals surface area (Å²) in [4.78, 5) is 39.4. The maximum Gasteiger partial charge on any atom is 0.336 e. The Bertz CT molecular complexity index is 1430. The largest absolute Gasteiger partial charge is 0.497 e. The molecule has 1 N–H and O–H groups in total. The number of hydrogen-bond acceptors (Lipinski definition) is 7. The number of rotatable bonds is 7. The average molecular weight is 468 g/mol. The van der Waals surface area contributed by atoms with Crippen LogP contribution in [-0.4, -0.2) is 36.4 Å². The normalized spacial score (nSPS) is 10.8. The number of amides is 1. The molecular weight excluding hydrogens is 446 g/mol. The van der Waals surface area contributed by atoms with Crippen molar-refractivity contribution in [2.45, 2.75) is 6.54 Å². The Morgan fingerprint density at radius 3 is 2.33 bits per heavy atom. The molecule has 33 heavy (non-hydrogen) atoms. The second-order valence-corrected chi connectivity index (χ2v) is 7.88. The minimum atomic E-state index is -0.645. The van der Waals surface area contributed by atoms with E-state index in [0.29, 0.717) is 38.8 Å². The molecule has 2 heterocycles. The number of ether oxygens (including phenoxy) is 3. The number of hydrogen-bond donors (Lipinski definition) is 1. The van der Waals surface area contributed by atoms with Crippen LogP contribution in [0.25, 0.3) is 15.9 Å². The van der Waals surface area contributed by atoms with E-state index in [9.17, 15) is 14.4 Å². The molecule has 0 saturated carbocycles. The predicted octanol–water partition coefficient (Wildman–Crippen LogP) is 2.88. The number of nitrogens with zero attached hydrogens (tertiary/aromatic N) is 2. The summed E-state index contributed by atoms with van der Waals surface area (Å²) in [7, 11) is 4.48. The summed E-state index contributed by atoms with van der Waals surface area (Å²) in [5.74, 6) is 0.927. The molecule has 0 aliphatic heterocycles. The monoisotopic (exact) mass is 467 g/mol. The SMILES string of the molecule is COc1cc(NC(=O)Cn2c(=O)n(-c3ccccc3OC)c(=O)c3sccc32)cc(OC)c1. The molecule has 4 aromatic rings. The van der Waals surface area contributed by atoms with E-state index in [1.807, 2.05) is 0 Å². The smallest absolute Gasteiger partial charge is 0.336 e. The molecule has 170 valence electrons. The first-order valence-electron chi connectivity index (χ1n) is 9.86. The van der Waals surface area contributed by atoms with Crippen LogP contribution in [0.1, 0.15) is 0 Å². The Morgan fingerprint density at radius 1 is 0.970 bits per heavy atom. The van der Waals surface area contributed by atoms with Crippen molar-refractivity contribution in [1.29, 1.82) is 0 Å². The van der Waals surface area contributed by atoms with E-state index < -0.39 is 17.2 Å². The molecule has 0 unspecified atom stereocenters. The van der Waals surface area contributed by atoms with Gasteiger partial charge < -0.3 is 19.5 Å². The highest BCUT2D eigenvalue weighted by molar-refractivity contribution is 7.17. The number of carbonyl (C=O) groups excluding carboxylic acids is 1. The highest BCUT2D eigenvalue weighted by Gasteiger charge is 2.19. The quantitative estimate of drug-likeness (QED) is 0.449. The third-order valence-electron chi connectivity index (χ3n) is 5.02. The maximum atomic E-state index is 13.4. The van der Waals surface area contributed by atoms with Gasteiger partial charge in [-0.3, -0.25) is 14.2 Å². The number of aromatic nitrogens is 2. The van der Waals surface area contributed by atoms with Crippen molar-refractivity contribution < 1.29 is 19.0 Å².